The average molecular weight is 786 g/mol. The van der Waals surface area contributed by atoms with E-state index in [4.69, 9.17) is 16.7 Å². The second-order valence-corrected chi connectivity index (χ2v) is 18.0. The first-order valence-corrected chi connectivity index (χ1v) is 21.7. The third-order valence-electron chi connectivity index (χ3n) is 10.9. The van der Waals surface area contributed by atoms with E-state index in [9.17, 15) is 18.0 Å². The number of fused-ring (bicyclic) bond motifs is 2. The molecule has 54 heavy (non-hydrogen) atoms. The molecule has 3 aliphatic rings. The van der Waals surface area contributed by atoms with Crippen LogP contribution in [0.1, 0.15) is 58.7 Å². The Labute approximate surface area is 325 Å². The molecule has 0 unspecified atom stereocenters. The van der Waals surface area contributed by atoms with E-state index in [0.717, 1.165) is 107 Å². The van der Waals surface area contributed by atoms with Gasteiger partial charge in [0.2, 0.25) is 15.9 Å². The molecule has 0 bridgehead atoms. The molecule has 0 saturated carbocycles. The van der Waals surface area contributed by atoms with Crippen LogP contribution in [0.5, 0.6) is 0 Å². The lowest BCUT2D eigenvalue weighted by Gasteiger charge is -2.36. The highest BCUT2D eigenvalue weighted by molar-refractivity contribution is 7.88. The molecular weight excluding hydrogens is 742 g/mol. The molecule has 3 aliphatic heterocycles. The third-order valence-corrected chi connectivity index (χ3v) is 13.5. The van der Waals surface area contributed by atoms with Gasteiger partial charge in [0.25, 0.3) is 5.91 Å². The van der Waals surface area contributed by atoms with Crippen molar-refractivity contribution in [3.8, 4) is 22.4 Å². The molecule has 0 atom stereocenters. The van der Waals surface area contributed by atoms with Crippen LogP contribution in [0.15, 0.2) is 66.7 Å². The molecule has 2 fully saturated rings. The number of hydrogen-bond donors (Lipinski definition) is 1. The van der Waals surface area contributed by atoms with Crippen LogP contribution in [0.2, 0.25) is 5.02 Å². The van der Waals surface area contributed by atoms with Gasteiger partial charge in [-0.3, -0.25) is 14.3 Å². The molecular formula is C40H44ClN7O4S2. The Morgan fingerprint density at radius 2 is 1.80 bits per heavy atom. The lowest BCUT2D eigenvalue weighted by molar-refractivity contribution is -0.130. The molecule has 0 aliphatic carbocycles. The van der Waals surface area contributed by atoms with Crippen LogP contribution in [0.25, 0.3) is 32.6 Å². The van der Waals surface area contributed by atoms with Gasteiger partial charge in [0.15, 0.2) is 0 Å². The van der Waals surface area contributed by atoms with Crippen LogP contribution in [0, 0.1) is 0 Å². The maximum Gasteiger partial charge on any atom is 0.251 e. The lowest BCUT2D eigenvalue weighted by Crippen LogP contribution is -2.45. The van der Waals surface area contributed by atoms with E-state index in [1.165, 1.54) is 10.6 Å². The number of aryl methyl sites for hydroxylation is 1. The van der Waals surface area contributed by atoms with Gasteiger partial charge >= 0.3 is 0 Å². The van der Waals surface area contributed by atoms with E-state index in [2.05, 4.69) is 24.8 Å². The Hall–Kier alpha value is -4.14. The van der Waals surface area contributed by atoms with E-state index < -0.39 is 10.0 Å². The van der Waals surface area contributed by atoms with Gasteiger partial charge < -0.3 is 15.1 Å². The zero-order valence-corrected chi connectivity index (χ0v) is 32.7. The third kappa shape index (κ3) is 7.83. The highest BCUT2D eigenvalue weighted by Crippen LogP contribution is 2.37. The number of carbonyl (C=O) groups is 2. The predicted octanol–water partition coefficient (Wildman–Crippen LogP) is 6.20. The van der Waals surface area contributed by atoms with Crippen molar-refractivity contribution in [3.63, 3.8) is 0 Å². The largest absolute Gasteiger partial charge is 0.346 e. The maximum atomic E-state index is 13.3. The van der Waals surface area contributed by atoms with Crippen LogP contribution in [-0.4, -0.2) is 94.1 Å². The van der Waals surface area contributed by atoms with Crippen LogP contribution in [0.4, 0.5) is 0 Å². The van der Waals surface area contributed by atoms with E-state index >= 15 is 0 Å². The number of nitrogens with one attached hydrogen (secondary N) is 1. The molecule has 2 saturated heterocycles. The first-order chi connectivity index (χ1) is 26.1. The number of halogens is 1. The second kappa shape index (κ2) is 15.5. The number of thiazole rings is 1. The van der Waals surface area contributed by atoms with Gasteiger partial charge in [-0.2, -0.15) is 9.40 Å². The molecule has 1 N–H and O–H groups in total. The van der Waals surface area contributed by atoms with Gasteiger partial charge in [-0.25, -0.2) is 13.4 Å². The highest BCUT2D eigenvalue weighted by atomic mass is 35.5. The molecule has 5 heterocycles. The van der Waals surface area contributed by atoms with Crippen LogP contribution < -0.4 is 5.32 Å². The van der Waals surface area contributed by atoms with E-state index in [0.29, 0.717) is 48.5 Å². The van der Waals surface area contributed by atoms with Gasteiger partial charge in [0.1, 0.15) is 5.01 Å². The van der Waals surface area contributed by atoms with Crippen molar-refractivity contribution in [1.29, 1.82) is 0 Å². The SMILES string of the molecule is CS(=O)(=O)N1CCc2c(c(-c3ccc(Cl)c(-c4cccc(C(=O)NCc5nc6ccccc6s5)c4)c3)nn2CCCN2CCC(N3CCCC3=O)CC2)C1. The zero-order chi connectivity index (χ0) is 37.4. The Balaban J connectivity index is 0.994. The monoisotopic (exact) mass is 785 g/mol. The number of amides is 2. The number of carbonyl (C=O) groups excluding carboxylic acids is 2. The van der Waals surface area contributed by atoms with Crippen molar-refractivity contribution in [2.24, 2.45) is 0 Å². The summed E-state index contributed by atoms with van der Waals surface area (Å²) in [5.74, 6) is 0.103. The summed E-state index contributed by atoms with van der Waals surface area (Å²) in [5.41, 5.74) is 6.54. The normalized spacial score (nSPS) is 17.4. The van der Waals surface area contributed by atoms with Gasteiger partial charge in [0.05, 0.1) is 28.7 Å². The highest BCUT2D eigenvalue weighted by Gasteiger charge is 2.32. The topological polar surface area (TPSA) is 121 Å². The molecule has 0 radical (unpaired) electrons. The molecule has 2 aromatic heterocycles. The standard InChI is InChI=1S/C40H44ClN7O4S2/c1-54(51,52)46-22-16-35-32(26-46)39(44-48(35)19-6-17-45-20-14-30(15-21-45)47-18-5-11-38(47)49)28-12-13-33(41)31(24-28)27-7-4-8-29(23-27)40(50)42-25-37-43-34-9-2-3-10-36(34)53-37/h2-4,7-10,12-13,23-24,30H,5-6,11,14-22,25-26H2,1H3,(H,42,50). The fourth-order valence-electron chi connectivity index (χ4n) is 8.10. The number of para-hydroxylation sites is 1. The predicted molar refractivity (Wildman–Crippen MR) is 213 cm³/mol. The average Bonchev–Trinajstić information content (AvgIpc) is 3.90. The number of piperidine rings is 1. The number of likely N-dealkylation sites (tertiary alicyclic amines) is 2. The summed E-state index contributed by atoms with van der Waals surface area (Å²) >= 11 is 8.38. The number of nitrogens with zero attached hydrogens (tertiary/aromatic N) is 6. The van der Waals surface area contributed by atoms with Gasteiger partial charge in [0, 0.05) is 91.1 Å². The molecule has 5 aromatic rings. The Bertz CT molecular complexity index is 2280. The number of sulfonamides is 1. The summed E-state index contributed by atoms with van der Waals surface area (Å²) < 4.78 is 30.0. The van der Waals surface area contributed by atoms with Crippen molar-refractivity contribution >= 4 is 55.0 Å². The maximum absolute atomic E-state index is 13.3. The summed E-state index contributed by atoms with van der Waals surface area (Å²) in [6.45, 7) is 5.54. The van der Waals surface area contributed by atoms with E-state index in [-0.39, 0.29) is 12.5 Å². The van der Waals surface area contributed by atoms with Gasteiger partial charge in [-0.1, -0.05) is 41.9 Å². The Kier molecular flexibility index (Phi) is 10.6. The molecule has 0 spiro atoms. The van der Waals surface area contributed by atoms with Crippen molar-refractivity contribution in [3.05, 3.63) is 93.6 Å². The second-order valence-electron chi connectivity index (χ2n) is 14.5. The lowest BCUT2D eigenvalue weighted by atomic mass is 9.97. The molecule has 3 aromatic carbocycles. The van der Waals surface area contributed by atoms with Crippen molar-refractivity contribution in [1.82, 2.24) is 34.2 Å². The van der Waals surface area contributed by atoms with E-state index in [1.807, 2.05) is 60.7 Å². The van der Waals surface area contributed by atoms with Crippen LogP contribution in [0.3, 0.4) is 0 Å². The molecule has 8 rings (SSSR count). The first-order valence-electron chi connectivity index (χ1n) is 18.7. The van der Waals surface area contributed by atoms with Crippen LogP contribution in [-0.2, 0) is 40.9 Å². The van der Waals surface area contributed by atoms with Crippen molar-refractivity contribution in [2.75, 3.05) is 39.0 Å². The first kappa shape index (κ1) is 36.8. The number of benzene rings is 3. The Morgan fingerprint density at radius 3 is 2.57 bits per heavy atom. The minimum absolute atomic E-state index is 0.205. The van der Waals surface area contributed by atoms with Crippen molar-refractivity contribution < 1.29 is 18.0 Å². The van der Waals surface area contributed by atoms with Crippen LogP contribution >= 0.6 is 22.9 Å². The minimum Gasteiger partial charge on any atom is -0.346 e. The number of aromatic nitrogens is 3. The Morgan fingerprint density at radius 1 is 0.963 bits per heavy atom. The fraction of sp³-hybridized carbons (Fsp3) is 0.400. The number of rotatable bonds is 11. The molecule has 11 nitrogen and oxygen atoms in total. The van der Waals surface area contributed by atoms with Crippen molar-refractivity contribution in [2.45, 2.75) is 64.2 Å². The van der Waals surface area contributed by atoms with Gasteiger partial charge in [-0.15, -0.1) is 11.3 Å². The van der Waals surface area contributed by atoms with Gasteiger partial charge in [-0.05, 0) is 74.2 Å². The zero-order valence-electron chi connectivity index (χ0n) is 30.3. The summed E-state index contributed by atoms with van der Waals surface area (Å²) in [5, 5.41) is 9.51. The summed E-state index contributed by atoms with van der Waals surface area (Å²) in [4.78, 5) is 34.7. The fourth-order valence-corrected chi connectivity index (χ4v) is 10.0. The quantitative estimate of drug-likeness (QED) is 0.169. The molecule has 282 valence electrons. The smallest absolute Gasteiger partial charge is 0.251 e. The number of hydrogen-bond acceptors (Lipinski definition) is 8. The molecule has 2 amide bonds. The summed E-state index contributed by atoms with van der Waals surface area (Å²) in [6.07, 6.45) is 6.46. The molecule has 14 heteroatoms. The summed E-state index contributed by atoms with van der Waals surface area (Å²) in [7, 11) is -3.40. The minimum atomic E-state index is -3.40. The summed E-state index contributed by atoms with van der Waals surface area (Å²) in [6, 6.07) is 21.4. The van der Waals surface area contributed by atoms with E-state index in [1.54, 1.807) is 17.4 Å².